The minimum absolute atomic E-state index is 0. The Labute approximate surface area is 296 Å². The van der Waals surface area contributed by atoms with Crippen molar-refractivity contribution in [3.63, 3.8) is 0 Å². The summed E-state index contributed by atoms with van der Waals surface area (Å²) >= 11 is 0. The fourth-order valence-corrected chi connectivity index (χ4v) is 5.27. The van der Waals surface area contributed by atoms with Crippen LogP contribution in [0, 0.1) is 0 Å². The van der Waals surface area contributed by atoms with Crippen LogP contribution < -0.4 is 15.3 Å². The van der Waals surface area contributed by atoms with E-state index in [0.29, 0.717) is 0 Å². The fourth-order valence-electron chi connectivity index (χ4n) is 5.27. The largest absolute Gasteiger partial charge is 3.00 e. The maximum Gasteiger partial charge on any atom is 3.00 e. The average molecular weight is 696 g/mol. The normalized spacial score (nSPS) is 10.2. The van der Waals surface area contributed by atoms with E-state index in [1.54, 1.807) is 0 Å². The van der Waals surface area contributed by atoms with E-state index in [0.717, 1.165) is 38.5 Å². The van der Waals surface area contributed by atoms with Gasteiger partial charge in [0.25, 0.3) is 0 Å². The molecule has 0 aliphatic carbocycles. The zero-order valence-electron chi connectivity index (χ0n) is 30.6. The van der Waals surface area contributed by atoms with Crippen LogP contribution in [0.1, 0.15) is 233 Å². The van der Waals surface area contributed by atoms with Crippen LogP contribution in [-0.2, 0) is 31.5 Å². The molecule has 0 N–H and O–H groups in total. The standard InChI is InChI=1S/3C13H26O2.Fe/c3*1-2-3-4-5-6-7-8-9-10-11-12-13(14)15;/h3*2-12H2,1H3,(H,14,15);/q;;;+3/p-3. The molecule has 0 rings (SSSR count). The number of unbranched alkanes of at least 4 members (excludes halogenated alkanes) is 27. The second kappa shape index (κ2) is 48.3. The molecule has 0 aromatic heterocycles. The quantitative estimate of drug-likeness (QED) is 0.0499. The van der Waals surface area contributed by atoms with Gasteiger partial charge in [-0.3, -0.25) is 0 Å². The number of carboxylic acids is 3. The number of carbonyl (C=O) groups is 3. The molecule has 0 aromatic rings. The van der Waals surface area contributed by atoms with Gasteiger partial charge in [-0.25, -0.2) is 0 Å². The second-order valence-electron chi connectivity index (χ2n) is 12.9. The summed E-state index contributed by atoms with van der Waals surface area (Å²) in [5.74, 6) is -2.72. The van der Waals surface area contributed by atoms with E-state index in [1.165, 1.54) is 154 Å². The van der Waals surface area contributed by atoms with E-state index in [2.05, 4.69) is 20.8 Å². The summed E-state index contributed by atoms with van der Waals surface area (Å²) in [6, 6.07) is 0. The number of carboxylic acid groups (broad SMARTS) is 3. The molecule has 0 spiro atoms. The predicted octanol–water partition coefficient (Wildman–Crippen LogP) is 9.14. The molecule has 0 fully saturated rings. The second-order valence-corrected chi connectivity index (χ2v) is 12.9. The first-order chi connectivity index (χ1) is 21.8. The van der Waals surface area contributed by atoms with E-state index < -0.39 is 17.9 Å². The SMILES string of the molecule is CCCCCCCCCCCCC(=O)[O-].CCCCCCCCCCCCC(=O)[O-].CCCCCCCCCCCCC(=O)[O-].[Fe+3]. The summed E-state index contributed by atoms with van der Waals surface area (Å²) < 4.78 is 0. The minimum Gasteiger partial charge on any atom is -0.550 e. The molecule has 0 aromatic carbocycles. The van der Waals surface area contributed by atoms with Gasteiger partial charge in [0, 0.05) is 17.9 Å². The number of carbonyl (C=O) groups excluding carboxylic acids is 3. The summed E-state index contributed by atoms with van der Waals surface area (Å²) in [6.07, 6.45) is 37.8. The van der Waals surface area contributed by atoms with Crippen molar-refractivity contribution in [2.45, 2.75) is 233 Å². The summed E-state index contributed by atoms with van der Waals surface area (Å²) in [5.41, 5.74) is 0. The Kier molecular flexibility index (Phi) is 54.4. The topological polar surface area (TPSA) is 120 Å². The molecule has 6 nitrogen and oxygen atoms in total. The molecule has 1 radical (unpaired) electrons. The van der Waals surface area contributed by atoms with Gasteiger partial charge in [-0.2, -0.15) is 0 Å². The zero-order chi connectivity index (χ0) is 34.1. The van der Waals surface area contributed by atoms with Gasteiger partial charge in [-0.15, -0.1) is 0 Å². The van der Waals surface area contributed by atoms with Crippen molar-refractivity contribution in [1.29, 1.82) is 0 Å². The van der Waals surface area contributed by atoms with Crippen molar-refractivity contribution in [3.8, 4) is 0 Å². The number of aliphatic carboxylic acids is 3. The molecule has 0 atom stereocenters. The number of hydrogen-bond acceptors (Lipinski definition) is 6. The van der Waals surface area contributed by atoms with Gasteiger partial charge in [-0.1, -0.05) is 194 Å². The molecule has 0 saturated heterocycles. The first-order valence-corrected chi connectivity index (χ1v) is 19.4. The third kappa shape index (κ3) is 61.9. The van der Waals surface area contributed by atoms with Crippen LogP contribution in [-0.4, -0.2) is 17.9 Å². The van der Waals surface area contributed by atoms with Gasteiger partial charge >= 0.3 is 17.1 Å². The Morgan fingerprint density at radius 3 is 0.543 bits per heavy atom. The molecule has 46 heavy (non-hydrogen) atoms. The maximum atomic E-state index is 10.1. The van der Waals surface area contributed by atoms with Crippen LogP contribution in [0.3, 0.4) is 0 Å². The molecule has 7 heteroatoms. The van der Waals surface area contributed by atoms with E-state index >= 15 is 0 Å². The van der Waals surface area contributed by atoms with Crippen molar-refractivity contribution in [2.24, 2.45) is 0 Å². The van der Waals surface area contributed by atoms with Gasteiger partial charge in [0.15, 0.2) is 0 Å². The third-order valence-corrected chi connectivity index (χ3v) is 8.20. The fraction of sp³-hybridized carbons (Fsp3) is 0.923. The molecule has 0 aliphatic heterocycles. The Bertz CT molecular complexity index is 518. The Hall–Kier alpha value is -1.07. The van der Waals surface area contributed by atoms with Gasteiger partial charge in [0.2, 0.25) is 0 Å². The molecule has 0 amide bonds. The first-order valence-electron chi connectivity index (χ1n) is 19.4. The summed E-state index contributed by atoms with van der Waals surface area (Å²) in [4.78, 5) is 30.4. The van der Waals surface area contributed by atoms with Crippen molar-refractivity contribution in [1.82, 2.24) is 0 Å². The van der Waals surface area contributed by atoms with Crippen LogP contribution in [0.5, 0.6) is 0 Å². The van der Waals surface area contributed by atoms with Crippen LogP contribution in [0.2, 0.25) is 0 Å². The Morgan fingerprint density at radius 2 is 0.413 bits per heavy atom. The molecule has 0 saturated carbocycles. The molecule has 0 bridgehead atoms. The van der Waals surface area contributed by atoms with Crippen LogP contribution >= 0.6 is 0 Å². The van der Waals surface area contributed by atoms with Gasteiger partial charge in [0.1, 0.15) is 0 Å². The summed E-state index contributed by atoms with van der Waals surface area (Å²) in [6.45, 7) is 6.70. The van der Waals surface area contributed by atoms with Crippen molar-refractivity contribution < 1.29 is 46.8 Å². The predicted molar refractivity (Wildman–Crippen MR) is 184 cm³/mol. The van der Waals surface area contributed by atoms with Gasteiger partial charge < -0.3 is 29.7 Å². The Balaban J connectivity index is -0.000000285. The van der Waals surface area contributed by atoms with E-state index in [4.69, 9.17) is 0 Å². The molecular weight excluding hydrogens is 620 g/mol. The molecule has 0 unspecified atom stereocenters. The zero-order valence-corrected chi connectivity index (χ0v) is 31.7. The number of hydrogen-bond donors (Lipinski definition) is 0. The summed E-state index contributed by atoms with van der Waals surface area (Å²) in [7, 11) is 0. The summed E-state index contributed by atoms with van der Waals surface area (Å²) in [5, 5.41) is 30.4. The van der Waals surface area contributed by atoms with Crippen molar-refractivity contribution in [3.05, 3.63) is 0 Å². The first kappa shape index (κ1) is 51.8. The van der Waals surface area contributed by atoms with Crippen LogP contribution in [0.25, 0.3) is 0 Å². The van der Waals surface area contributed by atoms with Crippen molar-refractivity contribution in [2.75, 3.05) is 0 Å². The van der Waals surface area contributed by atoms with Gasteiger partial charge in [-0.05, 0) is 38.5 Å². The Morgan fingerprint density at radius 1 is 0.283 bits per heavy atom. The minimum atomic E-state index is -0.908. The average Bonchev–Trinajstić information content (AvgIpc) is 3.00. The van der Waals surface area contributed by atoms with Crippen molar-refractivity contribution >= 4 is 17.9 Å². The van der Waals surface area contributed by atoms with E-state index in [-0.39, 0.29) is 36.3 Å². The van der Waals surface area contributed by atoms with Crippen LogP contribution in [0.4, 0.5) is 0 Å². The van der Waals surface area contributed by atoms with Crippen LogP contribution in [0.15, 0.2) is 0 Å². The van der Waals surface area contributed by atoms with Gasteiger partial charge in [0.05, 0.1) is 0 Å². The van der Waals surface area contributed by atoms with E-state index in [9.17, 15) is 29.7 Å². The maximum absolute atomic E-state index is 10.1. The third-order valence-electron chi connectivity index (χ3n) is 8.20. The molecule has 0 aliphatic rings. The molecule has 0 heterocycles. The smallest absolute Gasteiger partial charge is 0.550 e. The molecule has 275 valence electrons. The molecular formula is C39H75FeO6. The monoisotopic (exact) mass is 695 g/mol. The van der Waals surface area contributed by atoms with E-state index in [1.807, 2.05) is 0 Å². The number of rotatable bonds is 33.